The molecule has 0 radical (unpaired) electrons. The molecule has 0 saturated heterocycles. The minimum absolute atomic E-state index is 0.0118. The number of carbonyl (C=O) groups is 2. The molecule has 5 nitrogen and oxygen atoms in total. The lowest BCUT2D eigenvalue weighted by atomic mass is 10.0. The van der Waals surface area contributed by atoms with Gasteiger partial charge in [-0.15, -0.1) is 0 Å². The molecule has 0 amide bonds. The van der Waals surface area contributed by atoms with E-state index in [9.17, 15) is 9.59 Å². The Kier molecular flexibility index (Phi) is 4.65. The first-order chi connectivity index (χ1) is 11.4. The lowest BCUT2D eigenvalue weighted by Crippen LogP contribution is -2.14. The summed E-state index contributed by atoms with van der Waals surface area (Å²) in [6, 6.07) is 2.95. The van der Waals surface area contributed by atoms with Gasteiger partial charge >= 0.3 is 5.97 Å². The van der Waals surface area contributed by atoms with E-state index >= 15 is 0 Å². The molecule has 1 fully saturated rings. The molecule has 2 aromatic rings. The van der Waals surface area contributed by atoms with Crippen LogP contribution >= 0.6 is 23.2 Å². The van der Waals surface area contributed by atoms with Crippen LogP contribution in [0.2, 0.25) is 10.0 Å². The third kappa shape index (κ3) is 3.19. The highest BCUT2D eigenvalue weighted by molar-refractivity contribution is 6.41. The van der Waals surface area contributed by atoms with Crippen LogP contribution in [0.4, 0.5) is 0 Å². The van der Waals surface area contributed by atoms with Crippen molar-refractivity contribution < 1.29 is 18.8 Å². The maximum atomic E-state index is 12.8. The molecule has 0 aliphatic heterocycles. The first-order valence-corrected chi connectivity index (χ1v) is 8.34. The van der Waals surface area contributed by atoms with Gasteiger partial charge in [-0.05, 0) is 38.8 Å². The van der Waals surface area contributed by atoms with Crippen LogP contribution in [0.25, 0.3) is 0 Å². The highest BCUT2D eigenvalue weighted by Gasteiger charge is 2.34. The number of ether oxygens (including phenoxy) is 1. The van der Waals surface area contributed by atoms with Crippen LogP contribution in [-0.4, -0.2) is 23.0 Å². The molecule has 3 rings (SSSR count). The number of rotatable bonds is 5. The van der Waals surface area contributed by atoms with E-state index in [1.165, 1.54) is 18.3 Å². The van der Waals surface area contributed by atoms with Crippen molar-refractivity contribution in [1.82, 2.24) is 5.16 Å². The topological polar surface area (TPSA) is 69.4 Å². The highest BCUT2D eigenvalue weighted by atomic mass is 35.5. The van der Waals surface area contributed by atoms with Gasteiger partial charge in [-0.3, -0.25) is 4.79 Å². The number of esters is 1. The molecule has 0 N–H and O–H groups in total. The molecule has 7 heteroatoms. The summed E-state index contributed by atoms with van der Waals surface area (Å²) in [5, 5.41) is 3.82. The number of hydrogen-bond acceptors (Lipinski definition) is 5. The van der Waals surface area contributed by atoms with E-state index in [1.807, 2.05) is 0 Å². The monoisotopic (exact) mass is 367 g/mol. The van der Waals surface area contributed by atoms with Gasteiger partial charge in [-0.25, -0.2) is 4.79 Å². The minimum atomic E-state index is -0.664. The second kappa shape index (κ2) is 6.57. The molecule has 1 heterocycles. The number of aromatic nitrogens is 1. The number of halogens is 2. The van der Waals surface area contributed by atoms with Crippen molar-refractivity contribution in [3.05, 3.63) is 50.8 Å². The van der Waals surface area contributed by atoms with Crippen molar-refractivity contribution in [2.24, 2.45) is 0 Å². The van der Waals surface area contributed by atoms with E-state index in [0.717, 1.165) is 12.8 Å². The molecule has 1 aliphatic rings. The predicted octanol–water partition coefficient (Wildman–Crippen LogP) is 4.66. The quantitative estimate of drug-likeness (QED) is 0.567. The highest BCUT2D eigenvalue weighted by Crippen LogP contribution is 2.42. The summed E-state index contributed by atoms with van der Waals surface area (Å²) in [6.07, 6.45) is 2.99. The standard InChI is InChI=1S/C17H15Cl2NO4/c1-8(2)23-17(22)13-12(18)6-5-10(14(13)19)15(21)11-7-20-24-16(11)9-3-4-9/h5-9H,3-4H2,1-2H3. The van der Waals surface area contributed by atoms with Gasteiger partial charge in [0, 0.05) is 11.5 Å². The van der Waals surface area contributed by atoms with E-state index in [-0.39, 0.29) is 39.0 Å². The first-order valence-electron chi connectivity index (χ1n) is 7.58. The number of carbonyl (C=O) groups excluding carboxylic acids is 2. The molecule has 1 saturated carbocycles. The van der Waals surface area contributed by atoms with Gasteiger partial charge in [-0.2, -0.15) is 0 Å². The van der Waals surface area contributed by atoms with E-state index in [4.69, 9.17) is 32.5 Å². The summed E-state index contributed by atoms with van der Waals surface area (Å²) in [7, 11) is 0. The second-order valence-corrected chi connectivity index (χ2v) is 6.73. The fourth-order valence-electron chi connectivity index (χ4n) is 2.39. The van der Waals surface area contributed by atoms with Crippen LogP contribution in [0.1, 0.15) is 64.6 Å². The van der Waals surface area contributed by atoms with E-state index in [2.05, 4.69) is 5.16 Å². The number of ketones is 1. The summed E-state index contributed by atoms with van der Waals surface area (Å²) < 4.78 is 10.3. The maximum absolute atomic E-state index is 12.8. The van der Waals surface area contributed by atoms with Crippen molar-refractivity contribution in [3.8, 4) is 0 Å². The van der Waals surface area contributed by atoms with Crippen molar-refractivity contribution >= 4 is 35.0 Å². The molecule has 1 aromatic carbocycles. The molecule has 0 atom stereocenters. The van der Waals surface area contributed by atoms with E-state index < -0.39 is 5.97 Å². The first kappa shape index (κ1) is 17.0. The Balaban J connectivity index is 2.00. The zero-order chi connectivity index (χ0) is 17.4. The molecule has 0 bridgehead atoms. The molecule has 0 spiro atoms. The van der Waals surface area contributed by atoms with Gasteiger partial charge in [0.2, 0.25) is 0 Å². The third-order valence-corrected chi connectivity index (χ3v) is 4.38. The molecule has 1 aromatic heterocycles. The van der Waals surface area contributed by atoms with Crippen LogP contribution in [0.15, 0.2) is 22.9 Å². The van der Waals surface area contributed by atoms with Crippen molar-refractivity contribution in [2.75, 3.05) is 0 Å². The average Bonchev–Trinajstić information content (AvgIpc) is 3.23. The SMILES string of the molecule is CC(C)OC(=O)c1c(Cl)ccc(C(=O)c2cnoc2C2CC2)c1Cl. The van der Waals surface area contributed by atoms with Crippen LogP contribution in [0, 0.1) is 0 Å². The Morgan fingerprint density at radius 1 is 1.25 bits per heavy atom. The summed E-state index contributed by atoms with van der Waals surface area (Å²) in [5.74, 6) is -0.221. The number of benzene rings is 1. The predicted molar refractivity (Wildman–Crippen MR) is 88.9 cm³/mol. The summed E-state index contributed by atoms with van der Waals surface area (Å²) in [4.78, 5) is 25.0. The van der Waals surface area contributed by atoms with Gasteiger partial charge in [0.25, 0.3) is 0 Å². The van der Waals surface area contributed by atoms with E-state index in [1.54, 1.807) is 13.8 Å². The van der Waals surface area contributed by atoms with Crippen molar-refractivity contribution in [2.45, 2.75) is 38.7 Å². The fourth-order valence-corrected chi connectivity index (χ4v) is 3.00. The third-order valence-electron chi connectivity index (χ3n) is 3.67. The number of hydrogen-bond donors (Lipinski definition) is 0. The van der Waals surface area contributed by atoms with Crippen LogP contribution in [0.3, 0.4) is 0 Å². The Morgan fingerprint density at radius 2 is 1.96 bits per heavy atom. The molecule has 1 aliphatic carbocycles. The van der Waals surface area contributed by atoms with Crippen LogP contribution in [0.5, 0.6) is 0 Å². The zero-order valence-electron chi connectivity index (χ0n) is 13.1. The second-order valence-electron chi connectivity index (χ2n) is 5.95. The normalized spacial score (nSPS) is 14.0. The molecule has 0 unspecified atom stereocenters. The van der Waals surface area contributed by atoms with Gasteiger partial charge in [-0.1, -0.05) is 28.4 Å². The van der Waals surface area contributed by atoms with Gasteiger partial charge in [0.05, 0.1) is 33.5 Å². The molecule has 24 heavy (non-hydrogen) atoms. The maximum Gasteiger partial charge on any atom is 0.341 e. The summed E-state index contributed by atoms with van der Waals surface area (Å²) in [5.41, 5.74) is 0.522. The Morgan fingerprint density at radius 3 is 2.58 bits per heavy atom. The average molecular weight is 368 g/mol. The molecular formula is C17H15Cl2NO4. The van der Waals surface area contributed by atoms with Gasteiger partial charge in [0.15, 0.2) is 11.5 Å². The molecule has 126 valence electrons. The summed E-state index contributed by atoms with van der Waals surface area (Å²) >= 11 is 12.4. The van der Waals surface area contributed by atoms with Crippen LogP contribution < -0.4 is 0 Å². The van der Waals surface area contributed by atoms with E-state index in [0.29, 0.717) is 11.3 Å². The van der Waals surface area contributed by atoms with Crippen molar-refractivity contribution in [1.29, 1.82) is 0 Å². The minimum Gasteiger partial charge on any atom is -0.459 e. The van der Waals surface area contributed by atoms with Gasteiger partial charge < -0.3 is 9.26 Å². The van der Waals surface area contributed by atoms with Crippen molar-refractivity contribution in [3.63, 3.8) is 0 Å². The lowest BCUT2D eigenvalue weighted by molar-refractivity contribution is 0.0378. The zero-order valence-corrected chi connectivity index (χ0v) is 14.6. The lowest BCUT2D eigenvalue weighted by Gasteiger charge is -2.12. The van der Waals surface area contributed by atoms with Gasteiger partial charge in [0.1, 0.15) is 0 Å². The Labute approximate surface area is 148 Å². The smallest absolute Gasteiger partial charge is 0.341 e. The largest absolute Gasteiger partial charge is 0.459 e. The Hall–Kier alpha value is -1.85. The van der Waals surface area contributed by atoms with Crippen LogP contribution in [-0.2, 0) is 4.74 Å². The molecular weight excluding hydrogens is 353 g/mol. The number of nitrogens with zero attached hydrogens (tertiary/aromatic N) is 1. The Bertz CT molecular complexity index is 809. The fraction of sp³-hybridized carbons (Fsp3) is 0.353. The summed E-state index contributed by atoms with van der Waals surface area (Å²) in [6.45, 7) is 3.43.